The second kappa shape index (κ2) is 10.4. The Labute approximate surface area is 512 Å². The van der Waals surface area contributed by atoms with Crippen molar-refractivity contribution >= 4 is 315 Å². The average Bonchev–Trinajstić information content (AvgIpc) is 1.35. The van der Waals surface area contributed by atoms with Gasteiger partial charge in [0, 0.05) is 25.9 Å². The summed E-state index contributed by atoms with van der Waals surface area (Å²) in [6, 6.07) is 19.5. The van der Waals surface area contributed by atoms with Gasteiger partial charge >= 0.3 is 11.9 Å². The van der Waals surface area contributed by atoms with Crippen LogP contribution in [0.3, 0.4) is 0 Å². The summed E-state index contributed by atoms with van der Waals surface area (Å²) in [4.78, 5) is 49.0. The van der Waals surface area contributed by atoms with E-state index in [4.69, 9.17) is 0 Å². The number of carboxylic acid groups (broad SMARTS) is 2. The quantitative estimate of drug-likeness (QED) is 0.0802. The highest BCUT2D eigenvalue weighted by molar-refractivity contribution is 6.82. The standard InChI is InChI=1S/C85H28N2O6/c88-21(9-11-23(90)91)86-15-13-17-1-5-19(6-2-17)83(20-7-3-18(4-8-20)14-16-87-22(89)10-12-24(92)93)84-79-71-63-53-43-35-27-25-26-29-33-31(27)39-47-41(33)51-45-37(29)38-30(26)34-32-28(25)36(35)44-50-40(32)48-42(34)52-46(38)56-55(45)65-59(51)69-61(47)67(57(63)49(39)43)75(79)77(69)81-73(65)74-66(56)60(52)70-62(48)68-58(50)64(54(44)53)72(71)80(84)76(68)78(70)82(74)85(81,83)84/h1-8H,9-16H2,(H,86,88)(H,87,89)(H,90,91)(H,92,93). The van der Waals surface area contributed by atoms with Gasteiger partial charge in [-0.15, -0.1) is 0 Å². The molecular formula is C85H28N2O6. The number of carbonyl (C=O) groups excluding carboxylic acids is 2. The van der Waals surface area contributed by atoms with Crippen molar-refractivity contribution in [2.45, 2.75) is 54.8 Å². The summed E-state index contributed by atoms with van der Waals surface area (Å²) in [7, 11) is 0. The molecule has 0 unspecified atom stereocenters. The molecule has 0 bridgehead atoms. The van der Waals surface area contributed by atoms with E-state index < -0.39 is 28.2 Å². The van der Waals surface area contributed by atoms with Crippen LogP contribution in [0.1, 0.15) is 70.2 Å². The predicted molar refractivity (Wildman–Crippen MR) is 375 cm³/mol. The molecule has 0 heterocycles. The van der Waals surface area contributed by atoms with E-state index >= 15 is 0 Å². The Hall–Kier alpha value is -11.2. The number of benzene rings is 20. The van der Waals surface area contributed by atoms with Crippen LogP contribution in [0.25, 0.3) is 291 Å². The van der Waals surface area contributed by atoms with Crippen molar-refractivity contribution in [3.05, 3.63) is 93.0 Å². The minimum Gasteiger partial charge on any atom is -0.481 e. The fourth-order valence-electron chi connectivity index (χ4n) is 28.7. The van der Waals surface area contributed by atoms with Gasteiger partial charge in [0.1, 0.15) is 0 Å². The third-order valence-electron chi connectivity index (χ3n) is 29.8. The number of aliphatic carboxylic acids is 2. The zero-order valence-corrected chi connectivity index (χ0v) is 48.3. The monoisotopic (exact) mass is 1170 g/mol. The van der Waals surface area contributed by atoms with Gasteiger partial charge in [-0.1, -0.05) is 48.5 Å². The number of carboxylic acids is 2. The molecule has 2 amide bonds. The van der Waals surface area contributed by atoms with Gasteiger partial charge in [0.2, 0.25) is 11.8 Å². The van der Waals surface area contributed by atoms with Gasteiger partial charge in [-0.05, 0) is 348 Å². The summed E-state index contributed by atoms with van der Waals surface area (Å²) < 4.78 is 0. The molecule has 30 aromatic rings. The van der Waals surface area contributed by atoms with E-state index in [2.05, 4.69) is 59.2 Å². The number of hydrogen-bond donors (Lipinski definition) is 4. The van der Waals surface area contributed by atoms with E-state index in [0.29, 0.717) is 25.9 Å². The van der Waals surface area contributed by atoms with Crippen LogP contribution in [0, 0.1) is 0 Å². The van der Waals surface area contributed by atoms with Gasteiger partial charge in [0.15, 0.2) is 0 Å². The number of hydrogen-bond acceptors (Lipinski definition) is 4. The molecule has 0 radical (unpaired) electrons. The van der Waals surface area contributed by atoms with Crippen molar-refractivity contribution < 1.29 is 29.4 Å². The van der Waals surface area contributed by atoms with E-state index in [9.17, 15) is 29.4 Å². The van der Waals surface area contributed by atoms with Crippen LogP contribution in [0.4, 0.5) is 0 Å². The highest BCUT2D eigenvalue weighted by Crippen LogP contribution is 2.97. The Morgan fingerprint density at radius 3 is 0.581 bits per heavy atom. The van der Waals surface area contributed by atoms with E-state index in [0.717, 1.165) is 11.1 Å². The van der Waals surface area contributed by atoms with Crippen LogP contribution >= 0.6 is 0 Å². The average molecular weight is 1170 g/mol. The van der Waals surface area contributed by atoms with Crippen molar-refractivity contribution in [1.29, 1.82) is 0 Å². The maximum absolute atomic E-state index is 13.0. The lowest BCUT2D eigenvalue weighted by Gasteiger charge is -2.32. The molecule has 8 nitrogen and oxygen atoms in total. The minimum absolute atomic E-state index is 0.0417. The number of amides is 2. The molecule has 5 aliphatic rings. The molecule has 2 spiro atoms. The highest BCUT2D eigenvalue weighted by Gasteiger charge is 2.95. The third-order valence-corrected chi connectivity index (χ3v) is 29.8. The molecule has 1 fully saturated rings. The summed E-state index contributed by atoms with van der Waals surface area (Å²) in [5, 5.41) is 110. The summed E-state index contributed by atoms with van der Waals surface area (Å²) in [6.07, 6.45) is 0.766. The van der Waals surface area contributed by atoms with Crippen LogP contribution in [0.5, 0.6) is 0 Å². The Bertz CT molecular complexity index is 7880. The zero-order chi connectivity index (χ0) is 58.3. The van der Waals surface area contributed by atoms with Crippen LogP contribution in [0.2, 0.25) is 0 Å². The number of carbonyl (C=O) groups is 4. The summed E-state index contributed by atoms with van der Waals surface area (Å²) in [6.45, 7) is 0.833. The topological polar surface area (TPSA) is 133 Å². The van der Waals surface area contributed by atoms with Crippen molar-refractivity contribution in [3.63, 3.8) is 0 Å². The molecule has 1 saturated carbocycles. The Morgan fingerprint density at radius 1 is 0.237 bits per heavy atom. The molecule has 414 valence electrons. The molecule has 0 aliphatic heterocycles. The Morgan fingerprint density at radius 2 is 0.409 bits per heavy atom. The van der Waals surface area contributed by atoms with Crippen molar-refractivity contribution in [2.75, 3.05) is 13.1 Å². The van der Waals surface area contributed by atoms with E-state index in [1.807, 2.05) is 0 Å². The van der Waals surface area contributed by atoms with Crippen molar-refractivity contribution in [2.24, 2.45) is 0 Å². The first-order chi connectivity index (χ1) is 45.8. The largest absolute Gasteiger partial charge is 0.481 e. The van der Waals surface area contributed by atoms with Gasteiger partial charge < -0.3 is 20.8 Å². The summed E-state index contributed by atoms with van der Waals surface area (Å²) >= 11 is 0. The maximum atomic E-state index is 13.0. The molecule has 0 atom stereocenters. The van der Waals surface area contributed by atoms with Crippen LogP contribution in [0.15, 0.2) is 48.5 Å². The third kappa shape index (κ3) is 2.69. The van der Waals surface area contributed by atoms with Gasteiger partial charge in [-0.3, -0.25) is 19.2 Å². The van der Waals surface area contributed by atoms with Gasteiger partial charge in [0.05, 0.1) is 29.1 Å². The van der Waals surface area contributed by atoms with E-state index in [1.165, 1.54) is 11.1 Å². The molecule has 4 N–H and O–H groups in total. The van der Waals surface area contributed by atoms with Gasteiger partial charge in [-0.2, -0.15) is 0 Å². The molecule has 35 rings (SSSR count). The molecule has 0 aromatic heterocycles. The normalized spacial score (nSPS) is 17.9. The molecule has 93 heavy (non-hydrogen) atoms. The number of rotatable bonds is 14. The van der Waals surface area contributed by atoms with E-state index in [1.54, 1.807) is 313 Å². The minimum atomic E-state index is -0.971. The molecule has 8 heteroatoms. The fraction of sp³-hybridized carbons (Fsp3) is 0.129. The maximum Gasteiger partial charge on any atom is 0.303 e. The Kier molecular flexibility index (Phi) is 4.51. The first kappa shape index (κ1) is 40.5. The van der Waals surface area contributed by atoms with Gasteiger partial charge in [0.25, 0.3) is 0 Å². The smallest absolute Gasteiger partial charge is 0.303 e. The summed E-state index contributed by atoms with van der Waals surface area (Å²) in [5.41, 5.74) is 9.52. The zero-order valence-electron chi connectivity index (χ0n) is 48.3. The predicted octanol–water partition coefficient (Wildman–Crippen LogP) is 18.3. The SMILES string of the molecule is O=C(O)CCC(=O)NCCc1ccc(C2(c3ccc(CCNC(=O)CCC(=O)O)cc3)C34c5c6c7c8c9c%10c(c%11c%12c3c3c5c5c%13c6c6c7c7c9c9c%14c%10c%10c%11c%11c%12c%12c3c3c5c5c%13c%13c6c6c7c9c7c9c%14c%10c%10c%11c%11c%12c3c3c5c5c%13c6c7c6c9c%10c%11c3c56)C824)cc1. The van der Waals surface area contributed by atoms with E-state index in [-0.39, 0.29) is 37.5 Å². The first-order valence-corrected chi connectivity index (χ1v) is 33.7. The lowest BCUT2D eigenvalue weighted by molar-refractivity contribution is -0.139. The van der Waals surface area contributed by atoms with Crippen LogP contribution < -0.4 is 10.6 Å². The molecule has 5 aliphatic carbocycles. The van der Waals surface area contributed by atoms with Crippen molar-refractivity contribution in [3.8, 4) is 0 Å². The highest BCUT2D eigenvalue weighted by atomic mass is 16.4. The van der Waals surface area contributed by atoms with Crippen molar-refractivity contribution in [1.82, 2.24) is 10.6 Å². The lowest BCUT2D eigenvalue weighted by Crippen LogP contribution is -2.27. The van der Waals surface area contributed by atoms with Crippen LogP contribution in [-0.4, -0.2) is 47.1 Å². The lowest BCUT2D eigenvalue weighted by atomic mass is 9.68. The molecule has 0 saturated heterocycles. The molecule has 30 aromatic carbocycles. The first-order valence-electron chi connectivity index (χ1n) is 33.7. The number of nitrogens with one attached hydrogen (secondary N) is 2. The van der Waals surface area contributed by atoms with Gasteiger partial charge in [-0.25, -0.2) is 0 Å². The van der Waals surface area contributed by atoms with Crippen LogP contribution in [-0.2, 0) is 48.3 Å². The molecular weight excluding hydrogens is 1140 g/mol. The summed E-state index contributed by atoms with van der Waals surface area (Å²) in [5.74, 6) is -2.42. The second-order valence-electron chi connectivity index (χ2n) is 31.4. The second-order valence-corrected chi connectivity index (χ2v) is 31.4. The fourth-order valence-corrected chi connectivity index (χ4v) is 28.7. The Balaban J connectivity index is 0.833.